The second-order valence-electron chi connectivity index (χ2n) is 1.74. The van der Waals surface area contributed by atoms with E-state index in [1.54, 1.807) is 12.1 Å². The van der Waals surface area contributed by atoms with Crippen molar-refractivity contribution in [1.82, 2.24) is 4.98 Å². The van der Waals surface area contributed by atoms with E-state index in [0.29, 0.717) is 11.4 Å². The van der Waals surface area contributed by atoms with Crippen molar-refractivity contribution in [2.24, 2.45) is 5.84 Å². The summed E-state index contributed by atoms with van der Waals surface area (Å²) in [7, 11) is 0. The van der Waals surface area contributed by atoms with Gasteiger partial charge in [0.15, 0.2) is 6.29 Å². The Kier molecular flexibility index (Phi) is 1.96. The lowest BCUT2D eigenvalue weighted by molar-refractivity contribution is 0.112. The van der Waals surface area contributed by atoms with Crippen molar-refractivity contribution in [2.75, 3.05) is 5.43 Å². The van der Waals surface area contributed by atoms with E-state index in [1.165, 1.54) is 6.20 Å². The molecule has 0 radical (unpaired) electrons. The van der Waals surface area contributed by atoms with E-state index in [4.69, 9.17) is 5.84 Å². The van der Waals surface area contributed by atoms with Crippen molar-refractivity contribution in [1.29, 1.82) is 0 Å². The zero-order valence-electron chi connectivity index (χ0n) is 5.24. The molecule has 0 saturated carbocycles. The van der Waals surface area contributed by atoms with Gasteiger partial charge in [0.05, 0.1) is 0 Å². The zero-order chi connectivity index (χ0) is 7.40. The number of hydrazine groups is 1. The van der Waals surface area contributed by atoms with Gasteiger partial charge in [-0.15, -0.1) is 0 Å². The third-order valence-corrected chi connectivity index (χ3v) is 1.07. The molecular formula is C6H7N3O. The zero-order valence-corrected chi connectivity index (χ0v) is 5.24. The fourth-order valence-corrected chi connectivity index (χ4v) is 0.560. The van der Waals surface area contributed by atoms with Crippen molar-refractivity contribution >= 4 is 12.1 Å². The first kappa shape index (κ1) is 6.70. The van der Waals surface area contributed by atoms with Crippen LogP contribution in [0.1, 0.15) is 10.4 Å². The van der Waals surface area contributed by atoms with Crippen molar-refractivity contribution in [3.63, 3.8) is 0 Å². The number of nitrogen functional groups attached to an aromatic ring is 1. The number of aldehydes is 1. The maximum atomic E-state index is 10.1. The Labute approximate surface area is 58.0 Å². The molecule has 0 bridgehead atoms. The molecule has 0 atom stereocenters. The average molecular weight is 137 g/mol. The fourth-order valence-electron chi connectivity index (χ4n) is 0.560. The molecule has 0 aromatic carbocycles. The minimum absolute atomic E-state index is 0.541. The second kappa shape index (κ2) is 2.93. The van der Waals surface area contributed by atoms with E-state index in [2.05, 4.69) is 10.4 Å². The number of nitrogens with zero attached hydrogens (tertiary/aromatic N) is 1. The molecule has 3 N–H and O–H groups in total. The van der Waals surface area contributed by atoms with E-state index in [9.17, 15) is 4.79 Å². The molecule has 1 heterocycles. The lowest BCUT2D eigenvalue weighted by Gasteiger charge is -1.95. The number of nitrogens with two attached hydrogens (primary N) is 1. The third-order valence-electron chi connectivity index (χ3n) is 1.07. The first-order chi connectivity index (χ1) is 4.86. The molecule has 0 spiro atoms. The highest BCUT2D eigenvalue weighted by atomic mass is 16.1. The number of pyridine rings is 1. The Balaban J connectivity index is 2.90. The number of nitrogens with one attached hydrogen (secondary N) is 1. The molecule has 0 aliphatic heterocycles. The number of anilines is 1. The van der Waals surface area contributed by atoms with Gasteiger partial charge in [0.25, 0.3) is 0 Å². The van der Waals surface area contributed by atoms with Gasteiger partial charge in [0.2, 0.25) is 0 Å². The molecule has 52 valence electrons. The van der Waals surface area contributed by atoms with E-state index in [-0.39, 0.29) is 0 Å². The standard InChI is InChI=1S/C6H7N3O/c7-9-6-2-1-5(4-10)3-8-6/h1-4H,7H2,(H,8,9). The second-order valence-corrected chi connectivity index (χ2v) is 1.74. The first-order valence-electron chi connectivity index (χ1n) is 2.74. The van der Waals surface area contributed by atoms with Gasteiger partial charge in [0, 0.05) is 11.8 Å². The van der Waals surface area contributed by atoms with Gasteiger partial charge in [-0.3, -0.25) is 4.79 Å². The molecule has 4 heteroatoms. The van der Waals surface area contributed by atoms with E-state index in [1.807, 2.05) is 0 Å². The minimum Gasteiger partial charge on any atom is -0.308 e. The van der Waals surface area contributed by atoms with Crippen LogP contribution in [0.25, 0.3) is 0 Å². The van der Waals surface area contributed by atoms with Crippen LogP contribution in [0.15, 0.2) is 18.3 Å². The lowest BCUT2D eigenvalue weighted by Crippen LogP contribution is -2.08. The van der Waals surface area contributed by atoms with Gasteiger partial charge in [0.1, 0.15) is 5.82 Å². The van der Waals surface area contributed by atoms with Gasteiger partial charge in [-0.05, 0) is 12.1 Å². The van der Waals surface area contributed by atoms with Crippen molar-refractivity contribution < 1.29 is 4.79 Å². The minimum atomic E-state index is 0.541. The van der Waals surface area contributed by atoms with Crippen molar-refractivity contribution in [2.45, 2.75) is 0 Å². The van der Waals surface area contributed by atoms with Crippen LogP contribution in [0, 0.1) is 0 Å². The quantitative estimate of drug-likeness (QED) is 0.346. The number of carbonyl (C=O) groups is 1. The summed E-state index contributed by atoms with van der Waals surface area (Å²) in [5.74, 6) is 5.59. The molecular weight excluding hydrogens is 130 g/mol. The van der Waals surface area contributed by atoms with Crippen LogP contribution in [0.3, 0.4) is 0 Å². The van der Waals surface area contributed by atoms with Crippen LogP contribution in [-0.2, 0) is 0 Å². The van der Waals surface area contributed by atoms with Crippen molar-refractivity contribution in [3.05, 3.63) is 23.9 Å². The van der Waals surface area contributed by atoms with E-state index in [0.717, 1.165) is 6.29 Å². The van der Waals surface area contributed by atoms with Crippen LogP contribution < -0.4 is 11.3 Å². The summed E-state index contributed by atoms with van der Waals surface area (Å²) in [6.45, 7) is 0. The smallest absolute Gasteiger partial charge is 0.151 e. The van der Waals surface area contributed by atoms with E-state index < -0.39 is 0 Å². The molecule has 10 heavy (non-hydrogen) atoms. The van der Waals surface area contributed by atoms with Crippen LogP contribution >= 0.6 is 0 Å². The van der Waals surface area contributed by atoms with E-state index >= 15 is 0 Å². The first-order valence-corrected chi connectivity index (χ1v) is 2.74. The summed E-state index contributed by atoms with van der Waals surface area (Å²) in [4.78, 5) is 13.9. The Morgan fingerprint density at radius 1 is 1.60 bits per heavy atom. The molecule has 1 aromatic rings. The summed E-state index contributed by atoms with van der Waals surface area (Å²) in [5, 5.41) is 0. The average Bonchev–Trinajstić information content (AvgIpc) is 2.05. The molecule has 4 nitrogen and oxygen atoms in total. The molecule has 0 saturated heterocycles. The highest BCUT2D eigenvalue weighted by molar-refractivity contribution is 5.74. The predicted molar refractivity (Wildman–Crippen MR) is 37.4 cm³/mol. The Hall–Kier alpha value is -1.42. The number of carbonyl (C=O) groups excluding carboxylic acids is 1. The number of rotatable bonds is 2. The highest BCUT2D eigenvalue weighted by Crippen LogP contribution is 1.99. The molecule has 1 aromatic heterocycles. The van der Waals surface area contributed by atoms with Crippen LogP contribution in [0.4, 0.5) is 5.82 Å². The van der Waals surface area contributed by atoms with Crippen LogP contribution in [-0.4, -0.2) is 11.3 Å². The monoisotopic (exact) mass is 137 g/mol. The molecule has 0 aliphatic rings. The molecule has 1 rings (SSSR count). The Morgan fingerprint density at radius 3 is 2.80 bits per heavy atom. The number of hydrogen-bond donors (Lipinski definition) is 2. The van der Waals surface area contributed by atoms with Crippen LogP contribution in [0.2, 0.25) is 0 Å². The predicted octanol–water partition coefficient (Wildman–Crippen LogP) is 0.180. The van der Waals surface area contributed by atoms with Gasteiger partial charge < -0.3 is 5.43 Å². The Morgan fingerprint density at radius 2 is 2.40 bits per heavy atom. The summed E-state index contributed by atoms with van der Waals surface area (Å²) < 4.78 is 0. The topological polar surface area (TPSA) is 68.0 Å². The van der Waals surface area contributed by atoms with Gasteiger partial charge in [-0.1, -0.05) is 0 Å². The van der Waals surface area contributed by atoms with Crippen LogP contribution in [0.5, 0.6) is 0 Å². The summed E-state index contributed by atoms with van der Waals surface area (Å²) in [5.41, 5.74) is 2.89. The molecule has 0 aliphatic carbocycles. The summed E-state index contributed by atoms with van der Waals surface area (Å²) in [6.07, 6.45) is 2.18. The lowest BCUT2D eigenvalue weighted by atomic mass is 10.3. The van der Waals surface area contributed by atoms with Gasteiger partial charge in [-0.2, -0.15) is 0 Å². The fraction of sp³-hybridized carbons (Fsp3) is 0. The largest absolute Gasteiger partial charge is 0.308 e. The molecule has 0 amide bonds. The number of aromatic nitrogens is 1. The van der Waals surface area contributed by atoms with Crippen molar-refractivity contribution in [3.8, 4) is 0 Å². The maximum Gasteiger partial charge on any atom is 0.151 e. The highest BCUT2D eigenvalue weighted by Gasteiger charge is 1.89. The molecule has 0 unspecified atom stereocenters. The summed E-state index contributed by atoms with van der Waals surface area (Å²) >= 11 is 0. The maximum absolute atomic E-state index is 10.1. The number of hydrogen-bond acceptors (Lipinski definition) is 4. The third kappa shape index (κ3) is 1.29. The van der Waals surface area contributed by atoms with Gasteiger partial charge in [-0.25, -0.2) is 10.8 Å². The normalized spacial score (nSPS) is 8.90. The molecule has 0 fully saturated rings. The van der Waals surface area contributed by atoms with Gasteiger partial charge >= 0.3 is 0 Å². The summed E-state index contributed by atoms with van der Waals surface area (Å²) in [6, 6.07) is 3.26. The SMILES string of the molecule is NNc1ccc(C=O)cn1. The Bertz CT molecular complexity index is 219.